The minimum Gasteiger partial charge on any atom is -0.461 e. The fraction of sp³-hybridized carbons (Fsp3) is 0.0909. The van der Waals surface area contributed by atoms with Crippen LogP contribution >= 0.6 is 0 Å². The van der Waals surface area contributed by atoms with E-state index >= 15 is 0 Å². The van der Waals surface area contributed by atoms with Crippen molar-refractivity contribution in [1.29, 1.82) is 0 Å². The first-order valence-electron chi connectivity index (χ1n) is 5.01. The predicted octanol–water partition coefficient (Wildman–Crippen LogP) is 3.01. The zero-order chi connectivity index (χ0) is 12.8. The number of hydrogen-bond donors (Lipinski definition) is 0. The minimum absolute atomic E-state index is 0.237. The molecule has 18 heavy (non-hydrogen) atoms. The number of aromatic nitrogens is 3. The Hall–Kier alpha value is -2.31. The van der Waals surface area contributed by atoms with Crippen LogP contribution in [0.25, 0.3) is 17.2 Å². The van der Waals surface area contributed by atoms with E-state index in [1.165, 1.54) is 16.7 Å². The Labute approximate surface area is 98.7 Å². The van der Waals surface area contributed by atoms with Crippen LogP contribution in [0.5, 0.6) is 0 Å². The van der Waals surface area contributed by atoms with Crippen molar-refractivity contribution < 1.29 is 17.6 Å². The zero-order valence-electron chi connectivity index (χ0n) is 8.85. The van der Waals surface area contributed by atoms with Crippen molar-refractivity contribution in [1.82, 2.24) is 14.6 Å². The summed E-state index contributed by atoms with van der Waals surface area (Å²) in [6, 6.07) is 5.47. The molecule has 0 saturated heterocycles. The summed E-state index contributed by atoms with van der Waals surface area (Å²) in [6.45, 7) is 0. The largest absolute Gasteiger partial charge is 0.461 e. The maximum absolute atomic E-state index is 12.6. The van der Waals surface area contributed by atoms with Gasteiger partial charge < -0.3 is 4.42 Å². The summed E-state index contributed by atoms with van der Waals surface area (Å²) >= 11 is 0. The van der Waals surface area contributed by atoms with E-state index in [1.807, 2.05) is 0 Å². The van der Waals surface area contributed by atoms with E-state index in [0.29, 0.717) is 11.4 Å². The van der Waals surface area contributed by atoms with Gasteiger partial charge >= 0.3 is 6.18 Å². The maximum atomic E-state index is 12.6. The van der Waals surface area contributed by atoms with E-state index in [-0.39, 0.29) is 5.82 Å². The van der Waals surface area contributed by atoms with Crippen molar-refractivity contribution in [2.75, 3.05) is 0 Å². The molecule has 0 spiro atoms. The monoisotopic (exact) mass is 253 g/mol. The van der Waals surface area contributed by atoms with Gasteiger partial charge in [-0.1, -0.05) is 0 Å². The Morgan fingerprint density at radius 2 is 1.94 bits per heavy atom. The van der Waals surface area contributed by atoms with Crippen LogP contribution in [-0.2, 0) is 6.18 Å². The number of nitrogens with zero attached hydrogens (tertiary/aromatic N) is 3. The first kappa shape index (κ1) is 10.8. The second-order valence-electron chi connectivity index (χ2n) is 3.64. The number of furan rings is 1. The number of rotatable bonds is 1. The average molecular weight is 253 g/mol. The molecule has 0 bridgehead atoms. The molecule has 0 N–H and O–H groups in total. The molecule has 0 fully saturated rings. The maximum Gasteiger partial charge on any atom is 0.417 e. The molecule has 3 aromatic rings. The van der Waals surface area contributed by atoms with Crippen molar-refractivity contribution in [3.8, 4) is 11.6 Å². The first-order chi connectivity index (χ1) is 8.55. The topological polar surface area (TPSA) is 43.3 Å². The molecule has 3 rings (SSSR count). The summed E-state index contributed by atoms with van der Waals surface area (Å²) in [5.41, 5.74) is -0.433. The van der Waals surface area contributed by atoms with Gasteiger partial charge in [-0.15, -0.1) is 10.2 Å². The summed E-state index contributed by atoms with van der Waals surface area (Å²) in [5, 5.41) is 7.60. The quantitative estimate of drug-likeness (QED) is 0.669. The second kappa shape index (κ2) is 3.59. The van der Waals surface area contributed by atoms with Crippen molar-refractivity contribution in [2.24, 2.45) is 0 Å². The van der Waals surface area contributed by atoms with E-state index in [2.05, 4.69) is 10.2 Å². The molecule has 0 aliphatic carbocycles. The van der Waals surface area contributed by atoms with Gasteiger partial charge in [-0.05, 0) is 24.3 Å². The highest BCUT2D eigenvalue weighted by atomic mass is 19.4. The molecular weight excluding hydrogens is 247 g/mol. The highest BCUT2D eigenvalue weighted by molar-refractivity contribution is 5.54. The van der Waals surface area contributed by atoms with E-state index < -0.39 is 11.7 Å². The third-order valence-electron chi connectivity index (χ3n) is 2.47. The SMILES string of the molecule is FC(F)(F)c1ccc2nnc(-c3ccco3)n2c1. The number of alkyl halides is 3. The molecular formula is C11H6F3N3O. The van der Waals surface area contributed by atoms with Crippen LogP contribution in [0.15, 0.2) is 41.1 Å². The Kier molecular flexibility index (Phi) is 2.16. The molecule has 7 heteroatoms. The number of halogens is 3. The van der Waals surface area contributed by atoms with Crippen molar-refractivity contribution in [3.63, 3.8) is 0 Å². The van der Waals surface area contributed by atoms with Gasteiger partial charge in [0.2, 0.25) is 5.82 Å². The van der Waals surface area contributed by atoms with Crippen LogP contribution in [0.2, 0.25) is 0 Å². The average Bonchev–Trinajstić information content (AvgIpc) is 2.95. The predicted molar refractivity (Wildman–Crippen MR) is 55.7 cm³/mol. The Bertz CT molecular complexity index is 685. The summed E-state index contributed by atoms with van der Waals surface area (Å²) < 4.78 is 44.2. The molecule has 0 aromatic carbocycles. The van der Waals surface area contributed by atoms with Gasteiger partial charge in [0.1, 0.15) is 0 Å². The lowest BCUT2D eigenvalue weighted by molar-refractivity contribution is -0.137. The van der Waals surface area contributed by atoms with Crippen molar-refractivity contribution in [2.45, 2.75) is 6.18 Å². The molecule has 0 saturated carbocycles. The van der Waals surface area contributed by atoms with Crippen molar-refractivity contribution in [3.05, 3.63) is 42.3 Å². The Balaban J connectivity index is 2.23. The molecule has 92 valence electrons. The molecule has 0 atom stereocenters. The molecule has 0 radical (unpaired) electrons. The van der Waals surface area contributed by atoms with Gasteiger partial charge in [-0.25, -0.2) is 0 Å². The molecule has 3 aromatic heterocycles. The van der Waals surface area contributed by atoms with Gasteiger partial charge in [0.15, 0.2) is 11.4 Å². The van der Waals surface area contributed by atoms with Crippen molar-refractivity contribution >= 4 is 5.65 Å². The highest BCUT2D eigenvalue weighted by Gasteiger charge is 2.31. The van der Waals surface area contributed by atoms with Gasteiger partial charge in [0, 0.05) is 6.20 Å². The van der Waals surface area contributed by atoms with E-state index in [1.54, 1.807) is 12.1 Å². The first-order valence-corrected chi connectivity index (χ1v) is 5.01. The van der Waals surface area contributed by atoms with Crippen LogP contribution in [0, 0.1) is 0 Å². The number of pyridine rings is 1. The van der Waals surface area contributed by atoms with E-state index in [0.717, 1.165) is 12.3 Å². The van der Waals surface area contributed by atoms with Crippen LogP contribution in [0.3, 0.4) is 0 Å². The number of hydrogen-bond acceptors (Lipinski definition) is 3. The van der Waals surface area contributed by atoms with Crippen LogP contribution in [-0.4, -0.2) is 14.6 Å². The molecule has 4 nitrogen and oxygen atoms in total. The standard InChI is InChI=1S/C11H6F3N3O/c12-11(13,14)7-3-4-9-15-16-10(17(9)6-7)8-2-1-5-18-8/h1-6H. The van der Waals surface area contributed by atoms with Gasteiger partial charge in [-0.2, -0.15) is 13.2 Å². The lowest BCUT2D eigenvalue weighted by atomic mass is 10.3. The smallest absolute Gasteiger partial charge is 0.417 e. The highest BCUT2D eigenvalue weighted by Crippen LogP contribution is 2.30. The van der Waals surface area contributed by atoms with Crippen LogP contribution < -0.4 is 0 Å². The third-order valence-corrected chi connectivity index (χ3v) is 2.47. The van der Waals surface area contributed by atoms with Crippen LogP contribution in [0.4, 0.5) is 13.2 Å². The summed E-state index contributed by atoms with van der Waals surface area (Å²) in [4.78, 5) is 0. The molecule has 3 heterocycles. The second-order valence-corrected chi connectivity index (χ2v) is 3.64. The van der Waals surface area contributed by atoms with E-state index in [9.17, 15) is 13.2 Å². The Morgan fingerprint density at radius 1 is 1.11 bits per heavy atom. The number of fused-ring (bicyclic) bond motifs is 1. The minimum atomic E-state index is -4.40. The fourth-order valence-electron chi connectivity index (χ4n) is 1.63. The molecule has 0 aliphatic heterocycles. The summed E-state index contributed by atoms with van der Waals surface area (Å²) in [5.74, 6) is 0.600. The van der Waals surface area contributed by atoms with Crippen LogP contribution in [0.1, 0.15) is 5.56 Å². The van der Waals surface area contributed by atoms with E-state index in [4.69, 9.17) is 4.42 Å². The lowest BCUT2D eigenvalue weighted by Crippen LogP contribution is -2.06. The lowest BCUT2D eigenvalue weighted by Gasteiger charge is -2.06. The summed E-state index contributed by atoms with van der Waals surface area (Å²) in [7, 11) is 0. The molecule has 0 unspecified atom stereocenters. The fourth-order valence-corrected chi connectivity index (χ4v) is 1.63. The molecule has 0 aliphatic rings. The van der Waals surface area contributed by atoms with Gasteiger partial charge in [0.05, 0.1) is 11.8 Å². The third kappa shape index (κ3) is 1.64. The Morgan fingerprint density at radius 3 is 2.61 bits per heavy atom. The summed E-state index contributed by atoms with van der Waals surface area (Å²) in [6.07, 6.45) is -2.03. The normalized spacial score (nSPS) is 12.2. The zero-order valence-corrected chi connectivity index (χ0v) is 8.85. The van der Waals surface area contributed by atoms with Gasteiger partial charge in [-0.3, -0.25) is 4.40 Å². The van der Waals surface area contributed by atoms with Gasteiger partial charge in [0.25, 0.3) is 0 Å². The molecule has 0 amide bonds.